The van der Waals surface area contributed by atoms with Gasteiger partial charge in [0.05, 0.1) is 24.8 Å². The molecular weight excluding hydrogens is 434 g/mol. The van der Waals surface area contributed by atoms with E-state index in [0.29, 0.717) is 35.8 Å². The van der Waals surface area contributed by atoms with Crippen LogP contribution in [0.25, 0.3) is 5.76 Å². The van der Waals surface area contributed by atoms with Crippen molar-refractivity contribution in [3.05, 3.63) is 64.7 Å². The van der Waals surface area contributed by atoms with Crippen molar-refractivity contribution in [2.75, 3.05) is 26.4 Å². The van der Waals surface area contributed by atoms with Crippen molar-refractivity contribution in [2.45, 2.75) is 46.1 Å². The number of ketones is 1. The molecule has 1 fully saturated rings. The highest BCUT2D eigenvalue weighted by molar-refractivity contribution is 6.46. The number of hydrogen-bond acceptors (Lipinski definition) is 6. The third-order valence-corrected chi connectivity index (χ3v) is 5.74. The summed E-state index contributed by atoms with van der Waals surface area (Å²) in [7, 11) is 0. The van der Waals surface area contributed by atoms with E-state index in [2.05, 4.69) is 0 Å². The topological polar surface area (TPSA) is 96.3 Å². The molecule has 3 rings (SSSR count). The summed E-state index contributed by atoms with van der Waals surface area (Å²) in [4.78, 5) is 27.6. The molecule has 2 N–H and O–H groups in total. The maximum atomic E-state index is 13.1. The highest BCUT2D eigenvalue weighted by Gasteiger charge is 2.45. The minimum Gasteiger partial charge on any atom is -0.507 e. The molecule has 1 saturated heterocycles. The van der Waals surface area contributed by atoms with Crippen LogP contribution in [0.5, 0.6) is 11.5 Å². The molecule has 1 aliphatic heterocycles. The molecular formula is C27H33NO6. The van der Waals surface area contributed by atoms with Crippen LogP contribution in [-0.2, 0) is 9.59 Å². The van der Waals surface area contributed by atoms with Gasteiger partial charge in [0.2, 0.25) is 0 Å². The van der Waals surface area contributed by atoms with Crippen molar-refractivity contribution < 1.29 is 29.3 Å². The quantitative estimate of drug-likeness (QED) is 0.289. The molecule has 1 heterocycles. The van der Waals surface area contributed by atoms with Gasteiger partial charge >= 0.3 is 0 Å². The van der Waals surface area contributed by atoms with Crippen LogP contribution in [0.15, 0.2) is 48.0 Å². The van der Waals surface area contributed by atoms with Crippen molar-refractivity contribution >= 4 is 17.4 Å². The Morgan fingerprint density at radius 3 is 2.50 bits per heavy atom. The van der Waals surface area contributed by atoms with Gasteiger partial charge in [-0.2, -0.15) is 0 Å². The second-order valence-corrected chi connectivity index (χ2v) is 8.32. The lowest BCUT2D eigenvalue weighted by atomic mass is 9.94. The fourth-order valence-corrected chi connectivity index (χ4v) is 4.05. The molecule has 0 aromatic heterocycles. The third kappa shape index (κ3) is 5.42. The molecule has 0 radical (unpaired) electrons. The van der Waals surface area contributed by atoms with Gasteiger partial charge in [0.15, 0.2) is 0 Å². The summed E-state index contributed by atoms with van der Waals surface area (Å²) in [6, 6.07) is 11.6. The zero-order chi connectivity index (χ0) is 24.7. The van der Waals surface area contributed by atoms with Crippen molar-refractivity contribution in [2.24, 2.45) is 0 Å². The largest absolute Gasteiger partial charge is 0.507 e. The molecule has 0 saturated carbocycles. The number of benzene rings is 2. The SMILES string of the molecule is CCCCN1C(=O)C(=O)/C(=C(/O)c2ccc(OCCC)c(C)c2)C1c1cccc(OCCO)c1. The fraction of sp³-hybridized carbons (Fsp3) is 0.407. The number of hydrogen-bond donors (Lipinski definition) is 2. The Labute approximate surface area is 200 Å². The summed E-state index contributed by atoms with van der Waals surface area (Å²) in [5.41, 5.74) is 2.00. The van der Waals surface area contributed by atoms with Crippen LogP contribution in [0.2, 0.25) is 0 Å². The van der Waals surface area contributed by atoms with E-state index in [1.807, 2.05) is 26.8 Å². The standard InChI is InChI=1S/C27H33NO6/c1-4-6-12-28-24(19-8-7-9-21(17-19)33-15-13-29)23(26(31)27(28)32)25(30)20-10-11-22(18(3)16-20)34-14-5-2/h7-11,16-17,24,29-30H,4-6,12-15H2,1-3H3/b25-23+. The van der Waals surface area contributed by atoms with Gasteiger partial charge in [-0.05, 0) is 61.2 Å². The van der Waals surface area contributed by atoms with E-state index in [-0.39, 0.29) is 24.5 Å². The predicted molar refractivity (Wildman–Crippen MR) is 130 cm³/mol. The van der Waals surface area contributed by atoms with Gasteiger partial charge in [0.25, 0.3) is 11.7 Å². The maximum Gasteiger partial charge on any atom is 0.295 e. The van der Waals surface area contributed by atoms with Crippen molar-refractivity contribution in [3.8, 4) is 11.5 Å². The van der Waals surface area contributed by atoms with Gasteiger partial charge in [-0.3, -0.25) is 9.59 Å². The molecule has 1 aliphatic rings. The van der Waals surface area contributed by atoms with Crippen LogP contribution in [-0.4, -0.2) is 53.2 Å². The number of ether oxygens (including phenoxy) is 2. The molecule has 2 aromatic rings. The first-order valence-corrected chi connectivity index (χ1v) is 11.8. The van der Waals surface area contributed by atoms with E-state index in [1.165, 1.54) is 4.90 Å². The number of carbonyl (C=O) groups is 2. The summed E-state index contributed by atoms with van der Waals surface area (Å²) in [5.74, 6) is -0.312. The van der Waals surface area contributed by atoms with E-state index in [9.17, 15) is 14.7 Å². The van der Waals surface area contributed by atoms with E-state index in [0.717, 1.165) is 24.8 Å². The Hall–Kier alpha value is -3.32. The molecule has 7 nitrogen and oxygen atoms in total. The Kier molecular flexibility index (Phi) is 8.71. The van der Waals surface area contributed by atoms with Crippen LogP contribution in [0, 0.1) is 6.92 Å². The minimum absolute atomic E-state index is 0.0574. The van der Waals surface area contributed by atoms with E-state index < -0.39 is 17.7 Å². The van der Waals surface area contributed by atoms with Crippen molar-refractivity contribution in [1.29, 1.82) is 0 Å². The predicted octanol–water partition coefficient (Wildman–Crippen LogP) is 4.38. The monoisotopic (exact) mass is 467 g/mol. The normalized spacial score (nSPS) is 17.3. The molecule has 7 heteroatoms. The van der Waals surface area contributed by atoms with Gasteiger partial charge in [0.1, 0.15) is 23.9 Å². The zero-order valence-corrected chi connectivity index (χ0v) is 20.0. The smallest absolute Gasteiger partial charge is 0.295 e. The summed E-state index contributed by atoms with van der Waals surface area (Å²) in [5, 5.41) is 20.3. The number of nitrogens with zero attached hydrogens (tertiary/aromatic N) is 1. The summed E-state index contributed by atoms with van der Waals surface area (Å²) in [6.45, 7) is 6.90. The molecule has 1 amide bonds. The van der Waals surface area contributed by atoms with Gasteiger partial charge < -0.3 is 24.6 Å². The molecule has 0 spiro atoms. The minimum atomic E-state index is -0.736. The number of Topliss-reactive ketones (excluding diaryl/α,β-unsaturated/α-hetero) is 1. The number of aliphatic hydroxyl groups is 2. The second-order valence-electron chi connectivity index (χ2n) is 8.32. The summed E-state index contributed by atoms with van der Waals surface area (Å²) >= 11 is 0. The van der Waals surface area contributed by atoms with Crippen LogP contribution in [0.3, 0.4) is 0 Å². The van der Waals surface area contributed by atoms with E-state index in [4.69, 9.17) is 14.6 Å². The van der Waals surface area contributed by atoms with Crippen LogP contribution < -0.4 is 9.47 Å². The first-order chi connectivity index (χ1) is 16.4. The van der Waals surface area contributed by atoms with Gasteiger partial charge in [-0.1, -0.05) is 32.4 Å². The Balaban J connectivity index is 2.09. The lowest BCUT2D eigenvalue weighted by Gasteiger charge is -2.25. The molecule has 0 aliphatic carbocycles. The molecule has 182 valence electrons. The Morgan fingerprint density at radius 2 is 1.82 bits per heavy atom. The number of amides is 1. The fourth-order valence-electron chi connectivity index (χ4n) is 4.05. The average Bonchev–Trinajstić information content (AvgIpc) is 3.10. The van der Waals surface area contributed by atoms with Crippen molar-refractivity contribution in [1.82, 2.24) is 4.90 Å². The number of aliphatic hydroxyl groups excluding tert-OH is 2. The second kappa shape index (κ2) is 11.7. The van der Waals surface area contributed by atoms with Gasteiger partial charge in [-0.25, -0.2) is 0 Å². The van der Waals surface area contributed by atoms with Gasteiger partial charge in [0, 0.05) is 12.1 Å². The molecule has 0 bridgehead atoms. The first-order valence-electron chi connectivity index (χ1n) is 11.8. The number of unbranched alkanes of at least 4 members (excludes halogenated alkanes) is 1. The molecule has 1 unspecified atom stereocenters. The summed E-state index contributed by atoms with van der Waals surface area (Å²) < 4.78 is 11.3. The number of aryl methyl sites for hydroxylation is 1. The van der Waals surface area contributed by atoms with E-state index in [1.54, 1.807) is 36.4 Å². The Bertz CT molecular complexity index is 1060. The van der Waals surface area contributed by atoms with Crippen LogP contribution in [0.4, 0.5) is 0 Å². The highest BCUT2D eigenvalue weighted by Crippen LogP contribution is 2.40. The van der Waals surface area contributed by atoms with Crippen molar-refractivity contribution in [3.63, 3.8) is 0 Å². The Morgan fingerprint density at radius 1 is 1.03 bits per heavy atom. The lowest BCUT2D eigenvalue weighted by Crippen LogP contribution is -2.30. The lowest BCUT2D eigenvalue weighted by molar-refractivity contribution is -0.139. The van der Waals surface area contributed by atoms with Crippen LogP contribution in [0.1, 0.15) is 55.8 Å². The highest BCUT2D eigenvalue weighted by atomic mass is 16.5. The third-order valence-electron chi connectivity index (χ3n) is 5.74. The number of carbonyl (C=O) groups excluding carboxylic acids is 2. The zero-order valence-electron chi connectivity index (χ0n) is 20.0. The van der Waals surface area contributed by atoms with E-state index >= 15 is 0 Å². The maximum absolute atomic E-state index is 13.1. The summed E-state index contributed by atoms with van der Waals surface area (Å²) in [6.07, 6.45) is 2.46. The molecule has 1 atom stereocenters. The number of rotatable bonds is 11. The first kappa shape index (κ1) is 25.3. The van der Waals surface area contributed by atoms with Gasteiger partial charge in [-0.15, -0.1) is 0 Å². The van der Waals surface area contributed by atoms with Crippen LogP contribution >= 0.6 is 0 Å². The average molecular weight is 468 g/mol. The molecule has 34 heavy (non-hydrogen) atoms. The number of likely N-dealkylation sites (tertiary alicyclic amines) is 1. The molecule has 2 aromatic carbocycles.